The fraction of sp³-hybridized carbons (Fsp3) is 1.00. The van der Waals surface area contributed by atoms with Gasteiger partial charge in [-0.25, -0.2) is 0 Å². The SMILES string of the molecule is C[C@H](N)[C@H]1CC[C@H](C)O1. The molecular weight excluding hydrogens is 114 g/mol. The van der Waals surface area contributed by atoms with Gasteiger partial charge in [0.05, 0.1) is 12.2 Å². The smallest absolute Gasteiger partial charge is 0.0727 e. The molecular formula is C7H15NO. The van der Waals surface area contributed by atoms with E-state index in [-0.39, 0.29) is 6.04 Å². The molecule has 2 heteroatoms. The largest absolute Gasteiger partial charge is 0.374 e. The third-order valence-corrected chi connectivity index (χ3v) is 1.85. The van der Waals surface area contributed by atoms with Crippen molar-refractivity contribution in [1.29, 1.82) is 0 Å². The fourth-order valence-electron chi connectivity index (χ4n) is 1.22. The van der Waals surface area contributed by atoms with Crippen LogP contribution in [0, 0.1) is 0 Å². The first-order valence-corrected chi connectivity index (χ1v) is 3.61. The maximum Gasteiger partial charge on any atom is 0.0727 e. The highest BCUT2D eigenvalue weighted by Crippen LogP contribution is 2.20. The molecule has 0 aromatic heterocycles. The van der Waals surface area contributed by atoms with Gasteiger partial charge in [0.2, 0.25) is 0 Å². The number of nitrogens with two attached hydrogens (primary N) is 1. The van der Waals surface area contributed by atoms with E-state index in [2.05, 4.69) is 6.92 Å². The van der Waals surface area contributed by atoms with Crippen LogP contribution in [0.3, 0.4) is 0 Å². The molecule has 1 aliphatic heterocycles. The van der Waals surface area contributed by atoms with Crippen LogP contribution >= 0.6 is 0 Å². The molecule has 9 heavy (non-hydrogen) atoms. The molecule has 0 amide bonds. The Hall–Kier alpha value is -0.0800. The second-order valence-corrected chi connectivity index (χ2v) is 2.92. The average Bonchev–Trinajstić information content (AvgIpc) is 2.14. The van der Waals surface area contributed by atoms with Crippen LogP contribution in [0.4, 0.5) is 0 Å². The Bertz CT molecular complexity index is 92.9. The summed E-state index contributed by atoms with van der Waals surface area (Å²) in [6.07, 6.45) is 3.06. The third-order valence-electron chi connectivity index (χ3n) is 1.85. The minimum atomic E-state index is 0.204. The summed E-state index contributed by atoms with van der Waals surface area (Å²) in [5, 5.41) is 0. The summed E-state index contributed by atoms with van der Waals surface area (Å²) in [6, 6.07) is 0.204. The second kappa shape index (κ2) is 2.67. The first-order valence-electron chi connectivity index (χ1n) is 3.61. The van der Waals surface area contributed by atoms with Gasteiger partial charge in [-0.2, -0.15) is 0 Å². The summed E-state index contributed by atoms with van der Waals surface area (Å²) in [7, 11) is 0. The maximum atomic E-state index is 5.63. The first kappa shape index (κ1) is 7.03. The molecule has 0 unspecified atom stereocenters. The van der Waals surface area contributed by atoms with Crippen molar-refractivity contribution in [1.82, 2.24) is 0 Å². The van der Waals surface area contributed by atoms with Crippen LogP contribution in [-0.4, -0.2) is 18.2 Å². The van der Waals surface area contributed by atoms with Gasteiger partial charge in [0.1, 0.15) is 0 Å². The van der Waals surface area contributed by atoms with E-state index in [0.717, 1.165) is 6.42 Å². The van der Waals surface area contributed by atoms with Crippen molar-refractivity contribution in [2.45, 2.75) is 44.9 Å². The van der Waals surface area contributed by atoms with Gasteiger partial charge in [-0.15, -0.1) is 0 Å². The van der Waals surface area contributed by atoms with Crippen molar-refractivity contribution in [2.75, 3.05) is 0 Å². The molecule has 2 N–H and O–H groups in total. The molecule has 1 fully saturated rings. The minimum absolute atomic E-state index is 0.204. The monoisotopic (exact) mass is 129 g/mol. The van der Waals surface area contributed by atoms with E-state index in [1.807, 2.05) is 6.92 Å². The highest BCUT2D eigenvalue weighted by atomic mass is 16.5. The molecule has 1 rings (SSSR count). The standard InChI is InChI=1S/C7H15NO/c1-5-3-4-7(9-5)6(2)8/h5-7H,3-4,8H2,1-2H3/t5-,6-,7+/m0/s1. The lowest BCUT2D eigenvalue weighted by atomic mass is 10.1. The Balaban J connectivity index is 2.30. The third kappa shape index (κ3) is 1.66. The van der Waals surface area contributed by atoms with E-state index in [0.29, 0.717) is 12.2 Å². The molecule has 0 bridgehead atoms. The lowest BCUT2D eigenvalue weighted by Crippen LogP contribution is -2.31. The summed E-state index contributed by atoms with van der Waals surface area (Å²) in [4.78, 5) is 0. The lowest BCUT2D eigenvalue weighted by molar-refractivity contribution is 0.0439. The molecule has 1 heterocycles. The zero-order valence-corrected chi connectivity index (χ0v) is 6.13. The highest BCUT2D eigenvalue weighted by Gasteiger charge is 2.24. The normalized spacial score (nSPS) is 39.0. The molecule has 1 saturated heterocycles. The zero-order valence-electron chi connectivity index (χ0n) is 6.13. The van der Waals surface area contributed by atoms with Crippen LogP contribution in [0.25, 0.3) is 0 Å². The van der Waals surface area contributed by atoms with E-state index < -0.39 is 0 Å². The topological polar surface area (TPSA) is 35.2 Å². The van der Waals surface area contributed by atoms with Crippen LogP contribution < -0.4 is 5.73 Å². The summed E-state index contributed by atoms with van der Waals surface area (Å²) < 4.78 is 5.50. The van der Waals surface area contributed by atoms with Gasteiger partial charge >= 0.3 is 0 Å². The predicted octanol–water partition coefficient (Wildman–Crippen LogP) is 0.901. The van der Waals surface area contributed by atoms with Crippen molar-refractivity contribution in [3.63, 3.8) is 0 Å². The molecule has 0 spiro atoms. The van der Waals surface area contributed by atoms with Gasteiger partial charge in [-0.1, -0.05) is 0 Å². The fourth-order valence-corrected chi connectivity index (χ4v) is 1.22. The van der Waals surface area contributed by atoms with E-state index >= 15 is 0 Å². The van der Waals surface area contributed by atoms with E-state index in [1.54, 1.807) is 0 Å². The molecule has 0 aromatic rings. The predicted molar refractivity (Wildman–Crippen MR) is 37.2 cm³/mol. The summed E-state index contributed by atoms with van der Waals surface area (Å²) in [6.45, 7) is 4.10. The number of ether oxygens (including phenoxy) is 1. The van der Waals surface area contributed by atoms with Crippen molar-refractivity contribution in [2.24, 2.45) is 5.73 Å². The number of hydrogen-bond acceptors (Lipinski definition) is 2. The molecule has 0 aliphatic carbocycles. The van der Waals surface area contributed by atoms with Gasteiger partial charge in [0.15, 0.2) is 0 Å². The van der Waals surface area contributed by atoms with Crippen molar-refractivity contribution >= 4 is 0 Å². The molecule has 3 atom stereocenters. The molecule has 0 saturated carbocycles. The summed E-state index contributed by atoms with van der Waals surface area (Å²) in [5.41, 5.74) is 5.63. The average molecular weight is 129 g/mol. The van der Waals surface area contributed by atoms with Crippen LogP contribution in [0.15, 0.2) is 0 Å². The van der Waals surface area contributed by atoms with Gasteiger partial charge in [-0.05, 0) is 26.7 Å². The van der Waals surface area contributed by atoms with Crippen molar-refractivity contribution < 1.29 is 4.74 Å². The summed E-state index contributed by atoms with van der Waals surface area (Å²) in [5.74, 6) is 0. The van der Waals surface area contributed by atoms with Gasteiger partial charge in [0, 0.05) is 6.04 Å². The molecule has 2 nitrogen and oxygen atoms in total. The van der Waals surface area contributed by atoms with Crippen LogP contribution in [0.5, 0.6) is 0 Å². The van der Waals surface area contributed by atoms with E-state index in [9.17, 15) is 0 Å². The van der Waals surface area contributed by atoms with Crippen LogP contribution in [0.2, 0.25) is 0 Å². The first-order chi connectivity index (χ1) is 4.20. The Labute approximate surface area is 56.4 Å². The van der Waals surface area contributed by atoms with Gasteiger partial charge in [0.25, 0.3) is 0 Å². The highest BCUT2D eigenvalue weighted by molar-refractivity contribution is 4.76. The second-order valence-electron chi connectivity index (χ2n) is 2.92. The van der Waals surface area contributed by atoms with Crippen LogP contribution in [0.1, 0.15) is 26.7 Å². The molecule has 0 radical (unpaired) electrons. The van der Waals surface area contributed by atoms with Crippen LogP contribution in [-0.2, 0) is 4.74 Å². The van der Waals surface area contributed by atoms with Gasteiger partial charge < -0.3 is 10.5 Å². The van der Waals surface area contributed by atoms with E-state index in [1.165, 1.54) is 6.42 Å². The van der Waals surface area contributed by atoms with Crippen molar-refractivity contribution in [3.8, 4) is 0 Å². The Morgan fingerprint density at radius 3 is 2.44 bits per heavy atom. The molecule has 54 valence electrons. The Kier molecular flexibility index (Phi) is 2.09. The Morgan fingerprint density at radius 2 is 2.22 bits per heavy atom. The summed E-state index contributed by atoms with van der Waals surface area (Å²) >= 11 is 0. The molecule has 0 aromatic carbocycles. The number of rotatable bonds is 1. The maximum absolute atomic E-state index is 5.63. The van der Waals surface area contributed by atoms with Gasteiger partial charge in [-0.3, -0.25) is 0 Å². The molecule has 1 aliphatic rings. The van der Waals surface area contributed by atoms with Crippen molar-refractivity contribution in [3.05, 3.63) is 0 Å². The number of hydrogen-bond donors (Lipinski definition) is 1. The zero-order chi connectivity index (χ0) is 6.85. The Morgan fingerprint density at radius 1 is 1.56 bits per heavy atom. The lowest BCUT2D eigenvalue weighted by Gasteiger charge is -2.13. The van der Waals surface area contributed by atoms with E-state index in [4.69, 9.17) is 10.5 Å². The quantitative estimate of drug-likeness (QED) is 0.571. The minimum Gasteiger partial charge on any atom is -0.374 e.